The lowest BCUT2D eigenvalue weighted by molar-refractivity contribution is 0.447. The van der Waals surface area contributed by atoms with Gasteiger partial charge in [0.2, 0.25) is 0 Å². The van der Waals surface area contributed by atoms with Crippen molar-refractivity contribution in [1.82, 2.24) is 15.3 Å². The zero-order valence-electron chi connectivity index (χ0n) is 8.53. The lowest BCUT2D eigenvalue weighted by Gasteiger charge is -2.19. The van der Waals surface area contributed by atoms with Crippen molar-refractivity contribution < 1.29 is 0 Å². The van der Waals surface area contributed by atoms with Crippen molar-refractivity contribution in [1.29, 1.82) is 0 Å². The van der Waals surface area contributed by atoms with Crippen molar-refractivity contribution in [3.63, 3.8) is 0 Å². The number of rotatable bonds is 6. The Morgan fingerprint density at radius 1 is 1.64 bits per heavy atom. The molecule has 1 rings (SSSR count). The van der Waals surface area contributed by atoms with Crippen molar-refractivity contribution in [3.05, 3.63) is 43.5 Å². The maximum Gasteiger partial charge on any atom is 0.123 e. The number of H-pyrrole nitrogens is 1. The average molecular weight is 191 g/mol. The number of hydrogen-bond donors (Lipinski definition) is 2. The van der Waals surface area contributed by atoms with E-state index in [2.05, 4.69) is 35.4 Å². The molecule has 2 atom stereocenters. The molecule has 0 amide bonds. The lowest BCUT2D eigenvalue weighted by atomic mass is 10.0. The molecule has 0 unspecified atom stereocenters. The van der Waals surface area contributed by atoms with Crippen LogP contribution in [0.25, 0.3) is 0 Å². The molecule has 0 aliphatic carbocycles. The third-order valence-electron chi connectivity index (χ3n) is 2.19. The van der Waals surface area contributed by atoms with Gasteiger partial charge in [0.25, 0.3) is 0 Å². The molecule has 3 nitrogen and oxygen atoms in total. The Kier molecular flexibility index (Phi) is 4.13. The first-order valence-corrected chi connectivity index (χ1v) is 4.75. The summed E-state index contributed by atoms with van der Waals surface area (Å²) in [6.07, 6.45) is 7.34. The highest BCUT2D eigenvalue weighted by Gasteiger charge is 2.17. The van der Waals surface area contributed by atoms with Crippen molar-refractivity contribution >= 4 is 0 Å². The fraction of sp³-hybridized carbons (Fsp3) is 0.364. The number of aromatic amines is 1. The lowest BCUT2D eigenvalue weighted by Crippen LogP contribution is -2.27. The predicted molar refractivity (Wildman–Crippen MR) is 58.9 cm³/mol. The number of nitrogens with one attached hydrogen (secondary N) is 2. The van der Waals surface area contributed by atoms with Gasteiger partial charge in [0.15, 0.2) is 0 Å². The fourth-order valence-corrected chi connectivity index (χ4v) is 1.33. The van der Waals surface area contributed by atoms with E-state index in [0.29, 0.717) is 5.92 Å². The van der Waals surface area contributed by atoms with Crippen LogP contribution in [0.5, 0.6) is 0 Å². The van der Waals surface area contributed by atoms with E-state index in [1.807, 2.05) is 18.3 Å². The normalized spacial score (nSPS) is 14.6. The Morgan fingerprint density at radius 3 is 2.93 bits per heavy atom. The Morgan fingerprint density at radius 2 is 2.43 bits per heavy atom. The summed E-state index contributed by atoms with van der Waals surface area (Å²) in [5.74, 6) is 1.28. The van der Waals surface area contributed by atoms with Gasteiger partial charge in [0.05, 0.1) is 6.04 Å². The van der Waals surface area contributed by atoms with Crippen LogP contribution in [0.15, 0.2) is 37.7 Å². The molecule has 0 spiro atoms. The second-order valence-electron chi connectivity index (χ2n) is 3.24. The van der Waals surface area contributed by atoms with E-state index < -0.39 is 0 Å². The molecule has 0 aliphatic heterocycles. The molecule has 0 radical (unpaired) electrons. The molecule has 76 valence electrons. The molecule has 0 aliphatic rings. The Labute approximate surface area is 85.0 Å². The van der Waals surface area contributed by atoms with Gasteiger partial charge in [-0.15, -0.1) is 13.2 Å². The number of nitrogens with zero attached hydrogens (tertiary/aromatic N) is 1. The van der Waals surface area contributed by atoms with Gasteiger partial charge in [0, 0.05) is 18.9 Å². The maximum absolute atomic E-state index is 4.24. The van der Waals surface area contributed by atoms with Gasteiger partial charge in [-0.05, 0) is 5.92 Å². The van der Waals surface area contributed by atoms with E-state index >= 15 is 0 Å². The summed E-state index contributed by atoms with van der Waals surface area (Å²) in [4.78, 5) is 7.34. The van der Waals surface area contributed by atoms with Gasteiger partial charge in [-0.3, -0.25) is 0 Å². The molecular weight excluding hydrogens is 174 g/mol. The first-order chi connectivity index (χ1) is 6.79. The molecule has 0 aromatic carbocycles. The zero-order valence-corrected chi connectivity index (χ0v) is 8.53. The van der Waals surface area contributed by atoms with Gasteiger partial charge in [0.1, 0.15) is 5.82 Å². The third kappa shape index (κ3) is 2.57. The number of hydrogen-bond acceptors (Lipinski definition) is 2. The van der Waals surface area contributed by atoms with E-state index in [1.165, 1.54) is 0 Å². The predicted octanol–water partition coefficient (Wildman–Crippen LogP) is 2.05. The minimum absolute atomic E-state index is 0.181. The summed E-state index contributed by atoms with van der Waals surface area (Å²) < 4.78 is 0. The average Bonchev–Trinajstić information content (AvgIpc) is 2.71. The summed E-state index contributed by atoms with van der Waals surface area (Å²) >= 11 is 0. The number of aromatic nitrogens is 2. The van der Waals surface area contributed by atoms with Crippen LogP contribution < -0.4 is 5.32 Å². The first kappa shape index (κ1) is 10.7. The third-order valence-corrected chi connectivity index (χ3v) is 2.19. The highest BCUT2D eigenvalue weighted by atomic mass is 15.0. The van der Waals surface area contributed by atoms with Crippen molar-refractivity contribution in [2.45, 2.75) is 13.0 Å². The van der Waals surface area contributed by atoms with E-state index in [4.69, 9.17) is 0 Å². The van der Waals surface area contributed by atoms with Gasteiger partial charge >= 0.3 is 0 Å². The molecular formula is C11H17N3. The highest BCUT2D eigenvalue weighted by molar-refractivity contribution is 5.02. The first-order valence-electron chi connectivity index (χ1n) is 4.75. The molecule has 1 aromatic heterocycles. The maximum atomic E-state index is 4.24. The minimum atomic E-state index is 0.181. The smallest absolute Gasteiger partial charge is 0.123 e. The van der Waals surface area contributed by atoms with Gasteiger partial charge in [-0.25, -0.2) is 4.98 Å². The van der Waals surface area contributed by atoms with Crippen LogP contribution in [0.4, 0.5) is 0 Å². The molecule has 14 heavy (non-hydrogen) atoms. The molecule has 0 saturated carbocycles. The minimum Gasteiger partial charge on any atom is -0.347 e. The Hall–Kier alpha value is -1.35. The topological polar surface area (TPSA) is 40.7 Å². The van der Waals surface area contributed by atoms with Crippen LogP contribution in [-0.2, 0) is 0 Å². The SMILES string of the molecule is C=CCN[C@@H](c1ncc[nH]1)[C@@H](C)C=C. The van der Waals surface area contributed by atoms with Crippen LogP contribution in [-0.4, -0.2) is 16.5 Å². The van der Waals surface area contributed by atoms with Gasteiger partial charge in [-0.1, -0.05) is 19.1 Å². The second-order valence-corrected chi connectivity index (χ2v) is 3.24. The zero-order chi connectivity index (χ0) is 10.4. The van der Waals surface area contributed by atoms with Crippen LogP contribution >= 0.6 is 0 Å². The summed E-state index contributed by atoms with van der Waals surface area (Å²) in [6, 6.07) is 0.181. The van der Waals surface area contributed by atoms with Crippen LogP contribution in [0.3, 0.4) is 0 Å². The van der Waals surface area contributed by atoms with E-state index in [-0.39, 0.29) is 6.04 Å². The van der Waals surface area contributed by atoms with E-state index in [9.17, 15) is 0 Å². The summed E-state index contributed by atoms with van der Waals surface area (Å²) in [7, 11) is 0. The molecule has 0 fully saturated rings. The molecule has 3 heteroatoms. The standard InChI is InChI=1S/C11H17N3/c1-4-6-12-10(9(3)5-2)11-13-7-8-14-11/h4-5,7-10,12H,1-2,6H2,3H3,(H,13,14)/t9-,10+/m0/s1. The Bertz CT molecular complexity index is 277. The fourth-order valence-electron chi connectivity index (χ4n) is 1.33. The largest absolute Gasteiger partial charge is 0.347 e. The van der Waals surface area contributed by atoms with E-state index in [0.717, 1.165) is 12.4 Å². The summed E-state index contributed by atoms with van der Waals surface area (Å²) in [5, 5.41) is 3.34. The molecule has 0 saturated heterocycles. The van der Waals surface area contributed by atoms with Gasteiger partial charge in [-0.2, -0.15) is 0 Å². The molecule has 2 N–H and O–H groups in total. The van der Waals surface area contributed by atoms with E-state index in [1.54, 1.807) is 6.20 Å². The van der Waals surface area contributed by atoms with Crippen molar-refractivity contribution in [3.8, 4) is 0 Å². The van der Waals surface area contributed by atoms with Crippen LogP contribution in [0.2, 0.25) is 0 Å². The second kappa shape index (κ2) is 5.40. The van der Waals surface area contributed by atoms with Crippen molar-refractivity contribution in [2.24, 2.45) is 5.92 Å². The highest BCUT2D eigenvalue weighted by Crippen LogP contribution is 2.18. The quantitative estimate of drug-likeness (QED) is 0.676. The molecule has 1 aromatic rings. The Balaban J connectivity index is 2.71. The van der Waals surface area contributed by atoms with Crippen LogP contribution in [0, 0.1) is 5.92 Å². The monoisotopic (exact) mass is 191 g/mol. The van der Waals surface area contributed by atoms with Crippen LogP contribution in [0.1, 0.15) is 18.8 Å². The number of imidazole rings is 1. The van der Waals surface area contributed by atoms with Gasteiger partial charge < -0.3 is 10.3 Å². The summed E-state index contributed by atoms with van der Waals surface area (Å²) in [6.45, 7) is 10.3. The molecule has 0 bridgehead atoms. The molecule has 1 heterocycles. The summed E-state index contributed by atoms with van der Waals surface area (Å²) in [5.41, 5.74) is 0. The van der Waals surface area contributed by atoms with Crippen molar-refractivity contribution in [2.75, 3.05) is 6.54 Å².